The Kier molecular flexibility index (Phi) is 7.52. The Morgan fingerprint density at radius 1 is 1.19 bits per heavy atom. The van der Waals surface area contributed by atoms with Crippen LogP contribution in [0.2, 0.25) is 0 Å². The minimum Gasteiger partial charge on any atom is -0.329 e. The molecule has 0 unspecified atom stereocenters. The SMILES string of the molecule is CN(CCN)CCCCC1=CCCCCC1. The van der Waals surface area contributed by atoms with Crippen molar-refractivity contribution in [2.24, 2.45) is 5.73 Å². The van der Waals surface area contributed by atoms with Crippen molar-refractivity contribution in [3.63, 3.8) is 0 Å². The van der Waals surface area contributed by atoms with Gasteiger partial charge in [-0.05, 0) is 58.5 Å². The van der Waals surface area contributed by atoms with Gasteiger partial charge in [-0.25, -0.2) is 0 Å². The van der Waals surface area contributed by atoms with Crippen LogP contribution in [0.3, 0.4) is 0 Å². The average Bonchev–Trinajstić information content (AvgIpc) is 2.53. The molecule has 0 heterocycles. The molecule has 16 heavy (non-hydrogen) atoms. The highest BCUT2D eigenvalue weighted by atomic mass is 15.1. The molecule has 94 valence electrons. The summed E-state index contributed by atoms with van der Waals surface area (Å²) in [6.45, 7) is 3.01. The summed E-state index contributed by atoms with van der Waals surface area (Å²) < 4.78 is 0. The van der Waals surface area contributed by atoms with Crippen molar-refractivity contribution in [1.82, 2.24) is 4.90 Å². The molecule has 0 aromatic rings. The first kappa shape index (κ1) is 13.7. The number of hydrogen-bond donors (Lipinski definition) is 1. The molecule has 0 bridgehead atoms. The Balaban J connectivity index is 2.03. The van der Waals surface area contributed by atoms with Gasteiger partial charge >= 0.3 is 0 Å². The van der Waals surface area contributed by atoms with Crippen LogP contribution in [-0.2, 0) is 0 Å². The highest BCUT2D eigenvalue weighted by molar-refractivity contribution is 5.03. The quantitative estimate of drug-likeness (QED) is 0.532. The van der Waals surface area contributed by atoms with E-state index in [1.54, 1.807) is 5.57 Å². The number of likely N-dealkylation sites (N-methyl/N-ethyl adjacent to an activating group) is 1. The summed E-state index contributed by atoms with van der Waals surface area (Å²) in [7, 11) is 2.16. The minimum absolute atomic E-state index is 0.779. The van der Waals surface area contributed by atoms with E-state index in [-0.39, 0.29) is 0 Å². The maximum absolute atomic E-state index is 5.52. The number of rotatable bonds is 7. The lowest BCUT2D eigenvalue weighted by atomic mass is 10.0. The Labute approximate surface area is 101 Å². The molecule has 0 aromatic heterocycles. The fraction of sp³-hybridized carbons (Fsp3) is 0.857. The van der Waals surface area contributed by atoms with Gasteiger partial charge in [0.1, 0.15) is 0 Å². The summed E-state index contributed by atoms with van der Waals surface area (Å²) in [5.74, 6) is 0. The van der Waals surface area contributed by atoms with Gasteiger partial charge in [0, 0.05) is 13.1 Å². The molecule has 1 rings (SSSR count). The first-order valence-corrected chi connectivity index (χ1v) is 6.89. The van der Waals surface area contributed by atoms with Crippen molar-refractivity contribution in [1.29, 1.82) is 0 Å². The van der Waals surface area contributed by atoms with Crippen LogP contribution in [0, 0.1) is 0 Å². The summed E-state index contributed by atoms with van der Waals surface area (Å²) in [4.78, 5) is 2.33. The van der Waals surface area contributed by atoms with Gasteiger partial charge in [0.25, 0.3) is 0 Å². The largest absolute Gasteiger partial charge is 0.329 e. The lowest BCUT2D eigenvalue weighted by Crippen LogP contribution is -2.26. The van der Waals surface area contributed by atoms with Crippen LogP contribution < -0.4 is 5.73 Å². The molecule has 2 N–H and O–H groups in total. The highest BCUT2D eigenvalue weighted by Gasteiger charge is 2.03. The van der Waals surface area contributed by atoms with Crippen molar-refractivity contribution >= 4 is 0 Å². The lowest BCUT2D eigenvalue weighted by Gasteiger charge is -2.15. The highest BCUT2D eigenvalue weighted by Crippen LogP contribution is 2.21. The zero-order valence-corrected chi connectivity index (χ0v) is 10.9. The molecule has 0 radical (unpaired) electrons. The van der Waals surface area contributed by atoms with Crippen LogP contribution in [0.5, 0.6) is 0 Å². The van der Waals surface area contributed by atoms with Gasteiger partial charge < -0.3 is 10.6 Å². The molecule has 0 saturated carbocycles. The Bertz CT molecular complexity index is 199. The molecule has 0 fully saturated rings. The average molecular weight is 224 g/mol. The topological polar surface area (TPSA) is 29.3 Å². The van der Waals surface area contributed by atoms with E-state index in [0.717, 1.165) is 13.1 Å². The summed E-state index contributed by atoms with van der Waals surface area (Å²) in [5, 5.41) is 0. The maximum atomic E-state index is 5.52. The Morgan fingerprint density at radius 2 is 2.06 bits per heavy atom. The monoisotopic (exact) mass is 224 g/mol. The fourth-order valence-electron chi connectivity index (χ4n) is 2.37. The van der Waals surface area contributed by atoms with Crippen LogP contribution in [0.15, 0.2) is 11.6 Å². The van der Waals surface area contributed by atoms with Gasteiger partial charge in [-0.2, -0.15) is 0 Å². The van der Waals surface area contributed by atoms with Crippen LogP contribution >= 0.6 is 0 Å². The van der Waals surface area contributed by atoms with Crippen molar-refractivity contribution in [2.75, 3.05) is 26.7 Å². The molecular formula is C14H28N2. The standard InChI is InChI=1S/C14H28N2/c1-16(13-11-15)12-7-6-10-14-8-4-2-3-5-9-14/h8H,2-7,9-13,15H2,1H3. The normalized spacial score (nSPS) is 17.3. The minimum atomic E-state index is 0.779. The molecule has 1 aliphatic rings. The van der Waals surface area contributed by atoms with Gasteiger partial charge in [-0.1, -0.05) is 18.1 Å². The molecule has 0 spiro atoms. The fourth-order valence-corrected chi connectivity index (χ4v) is 2.37. The van der Waals surface area contributed by atoms with Crippen LogP contribution in [0.1, 0.15) is 51.4 Å². The zero-order chi connectivity index (χ0) is 11.6. The van der Waals surface area contributed by atoms with E-state index in [9.17, 15) is 0 Å². The second kappa shape index (κ2) is 8.77. The number of unbranched alkanes of at least 4 members (excludes halogenated alkanes) is 1. The van der Waals surface area contributed by atoms with Gasteiger partial charge in [0.05, 0.1) is 0 Å². The zero-order valence-electron chi connectivity index (χ0n) is 10.9. The van der Waals surface area contributed by atoms with E-state index >= 15 is 0 Å². The number of nitrogens with zero attached hydrogens (tertiary/aromatic N) is 1. The van der Waals surface area contributed by atoms with Crippen LogP contribution in [0.25, 0.3) is 0 Å². The van der Waals surface area contributed by atoms with Crippen LogP contribution in [-0.4, -0.2) is 31.6 Å². The van der Waals surface area contributed by atoms with E-state index in [0.29, 0.717) is 0 Å². The van der Waals surface area contributed by atoms with E-state index in [2.05, 4.69) is 18.0 Å². The predicted molar refractivity (Wildman–Crippen MR) is 71.6 cm³/mol. The molecule has 0 saturated heterocycles. The van der Waals surface area contributed by atoms with Gasteiger partial charge in [0.2, 0.25) is 0 Å². The smallest absolute Gasteiger partial charge is 0.0102 e. The number of allylic oxidation sites excluding steroid dienone is 2. The second-order valence-electron chi connectivity index (χ2n) is 5.01. The molecule has 0 aliphatic heterocycles. The Hall–Kier alpha value is -0.340. The third kappa shape index (κ3) is 6.29. The molecular weight excluding hydrogens is 196 g/mol. The number of nitrogens with two attached hydrogens (primary N) is 1. The van der Waals surface area contributed by atoms with Crippen molar-refractivity contribution < 1.29 is 0 Å². The molecule has 2 nitrogen and oxygen atoms in total. The van der Waals surface area contributed by atoms with E-state index < -0.39 is 0 Å². The molecule has 2 heteroatoms. The summed E-state index contributed by atoms with van der Waals surface area (Å²) in [6.07, 6.45) is 13.4. The van der Waals surface area contributed by atoms with Crippen LogP contribution in [0.4, 0.5) is 0 Å². The molecule has 0 aromatic carbocycles. The molecule has 0 atom stereocenters. The Morgan fingerprint density at radius 3 is 2.88 bits per heavy atom. The van der Waals surface area contributed by atoms with Crippen molar-refractivity contribution in [2.45, 2.75) is 51.4 Å². The summed E-state index contributed by atoms with van der Waals surface area (Å²) >= 11 is 0. The maximum Gasteiger partial charge on any atom is 0.0102 e. The summed E-state index contributed by atoms with van der Waals surface area (Å²) in [5.41, 5.74) is 7.24. The first-order valence-electron chi connectivity index (χ1n) is 6.89. The number of hydrogen-bond acceptors (Lipinski definition) is 2. The van der Waals surface area contributed by atoms with E-state index in [1.165, 1.54) is 57.9 Å². The van der Waals surface area contributed by atoms with E-state index in [4.69, 9.17) is 5.73 Å². The van der Waals surface area contributed by atoms with Gasteiger partial charge in [-0.15, -0.1) is 0 Å². The van der Waals surface area contributed by atoms with Crippen molar-refractivity contribution in [3.8, 4) is 0 Å². The molecule has 0 amide bonds. The summed E-state index contributed by atoms with van der Waals surface area (Å²) in [6, 6.07) is 0. The predicted octanol–water partition coefficient (Wildman–Crippen LogP) is 2.94. The molecule has 1 aliphatic carbocycles. The third-order valence-electron chi connectivity index (χ3n) is 3.43. The first-order chi connectivity index (χ1) is 7.83. The van der Waals surface area contributed by atoms with E-state index in [1.807, 2.05) is 0 Å². The van der Waals surface area contributed by atoms with Gasteiger partial charge in [0.15, 0.2) is 0 Å². The second-order valence-corrected chi connectivity index (χ2v) is 5.01. The van der Waals surface area contributed by atoms with Gasteiger partial charge in [-0.3, -0.25) is 0 Å². The van der Waals surface area contributed by atoms with Crippen molar-refractivity contribution in [3.05, 3.63) is 11.6 Å². The third-order valence-corrected chi connectivity index (χ3v) is 3.43. The lowest BCUT2D eigenvalue weighted by molar-refractivity contribution is 0.334.